The highest BCUT2D eigenvalue weighted by atomic mass is 32.1. The van der Waals surface area contributed by atoms with Crippen molar-refractivity contribution >= 4 is 22.4 Å². The number of amides is 1. The van der Waals surface area contributed by atoms with Gasteiger partial charge in [0.25, 0.3) is 5.91 Å². The smallest absolute Gasteiger partial charge is 0.260 e. The third-order valence-electron chi connectivity index (χ3n) is 4.38. The van der Waals surface area contributed by atoms with Gasteiger partial charge in [-0.1, -0.05) is 30.3 Å². The topological polar surface area (TPSA) is 58.4 Å². The van der Waals surface area contributed by atoms with Crippen LogP contribution < -0.4 is 5.32 Å². The third-order valence-corrected chi connectivity index (χ3v) is 5.38. The van der Waals surface area contributed by atoms with Crippen LogP contribution in [0.25, 0.3) is 0 Å². The summed E-state index contributed by atoms with van der Waals surface area (Å²) < 4.78 is 5.19. The van der Waals surface area contributed by atoms with E-state index in [2.05, 4.69) is 39.5 Å². The summed E-state index contributed by atoms with van der Waals surface area (Å²) in [6, 6.07) is 12.2. The summed E-state index contributed by atoms with van der Waals surface area (Å²) in [7, 11) is 0. The van der Waals surface area contributed by atoms with Crippen molar-refractivity contribution < 1.29 is 9.21 Å². The fraction of sp³-hybridized carbons (Fsp3) is 0.263. The number of thiazole rings is 1. The van der Waals surface area contributed by atoms with Crippen molar-refractivity contribution in [1.82, 2.24) is 9.88 Å². The molecule has 1 aromatic carbocycles. The van der Waals surface area contributed by atoms with E-state index in [9.17, 15) is 4.79 Å². The molecule has 1 N–H and O–H groups in total. The Hall–Kier alpha value is -2.44. The van der Waals surface area contributed by atoms with Gasteiger partial charge >= 0.3 is 0 Å². The second-order valence-electron chi connectivity index (χ2n) is 6.18. The second-order valence-corrected chi connectivity index (χ2v) is 7.26. The standard InChI is InChI=1S/C19H19N3O2S/c1-13-15(8-10-24-13)18(23)21-19-20-16-7-9-22(12-17(16)25-19)11-14-5-3-2-4-6-14/h2-6,8,10H,7,9,11-12H2,1H3,(H,20,21,23). The van der Waals surface area contributed by atoms with Crippen LogP contribution in [-0.2, 0) is 19.5 Å². The SMILES string of the molecule is Cc1occc1C(=O)Nc1nc2c(s1)CN(Cc1ccccc1)CC2. The van der Waals surface area contributed by atoms with Gasteiger partial charge in [0.2, 0.25) is 0 Å². The van der Waals surface area contributed by atoms with Gasteiger partial charge in [-0.2, -0.15) is 0 Å². The normalized spacial score (nSPS) is 14.3. The second kappa shape index (κ2) is 6.82. The Morgan fingerprint density at radius 2 is 2.16 bits per heavy atom. The average molecular weight is 353 g/mol. The highest BCUT2D eigenvalue weighted by Crippen LogP contribution is 2.29. The predicted octanol–water partition coefficient (Wildman–Crippen LogP) is 3.86. The van der Waals surface area contributed by atoms with Crippen molar-refractivity contribution in [3.63, 3.8) is 0 Å². The maximum Gasteiger partial charge on any atom is 0.260 e. The number of hydrogen-bond acceptors (Lipinski definition) is 5. The fourth-order valence-corrected chi connectivity index (χ4v) is 4.11. The van der Waals surface area contributed by atoms with E-state index < -0.39 is 0 Å². The number of nitrogens with zero attached hydrogens (tertiary/aromatic N) is 2. The minimum absolute atomic E-state index is 0.168. The van der Waals surface area contributed by atoms with Gasteiger partial charge in [-0.25, -0.2) is 4.98 Å². The summed E-state index contributed by atoms with van der Waals surface area (Å²) in [6.07, 6.45) is 2.44. The van der Waals surface area contributed by atoms with E-state index in [1.165, 1.54) is 16.7 Å². The van der Waals surface area contributed by atoms with Crippen LogP contribution in [0, 0.1) is 6.92 Å². The van der Waals surface area contributed by atoms with Gasteiger partial charge in [-0.15, -0.1) is 11.3 Å². The Kier molecular flexibility index (Phi) is 4.38. The number of carbonyl (C=O) groups excluding carboxylic acids is 1. The van der Waals surface area contributed by atoms with Crippen LogP contribution in [0.3, 0.4) is 0 Å². The molecule has 3 aromatic rings. The molecule has 2 aromatic heterocycles. The summed E-state index contributed by atoms with van der Waals surface area (Å²) in [5.74, 6) is 0.450. The lowest BCUT2D eigenvalue weighted by Crippen LogP contribution is -2.29. The Bertz CT molecular complexity index is 885. The van der Waals surface area contributed by atoms with Gasteiger partial charge in [-0.05, 0) is 18.6 Å². The summed E-state index contributed by atoms with van der Waals surface area (Å²) in [5.41, 5.74) is 2.98. The first-order valence-electron chi connectivity index (χ1n) is 8.29. The Morgan fingerprint density at radius 3 is 2.92 bits per heavy atom. The van der Waals surface area contributed by atoms with Crippen molar-refractivity contribution in [3.05, 3.63) is 70.1 Å². The quantitative estimate of drug-likeness (QED) is 0.774. The largest absolute Gasteiger partial charge is 0.469 e. The average Bonchev–Trinajstić information content (AvgIpc) is 3.21. The van der Waals surface area contributed by atoms with E-state index in [0.717, 1.165) is 31.7 Å². The van der Waals surface area contributed by atoms with Crippen LogP contribution in [0.15, 0.2) is 47.1 Å². The number of carbonyl (C=O) groups is 1. The Labute approximate surface area is 150 Å². The number of furan rings is 1. The van der Waals surface area contributed by atoms with Gasteiger partial charge in [0.1, 0.15) is 5.76 Å². The van der Waals surface area contributed by atoms with E-state index in [1.54, 1.807) is 24.3 Å². The molecule has 0 saturated carbocycles. The number of rotatable bonds is 4. The van der Waals surface area contributed by atoms with E-state index in [1.807, 2.05) is 6.07 Å². The van der Waals surface area contributed by atoms with Crippen molar-refractivity contribution in [2.45, 2.75) is 26.4 Å². The van der Waals surface area contributed by atoms with Crippen LogP contribution in [-0.4, -0.2) is 22.3 Å². The predicted molar refractivity (Wildman–Crippen MR) is 97.8 cm³/mol. The molecule has 4 rings (SSSR count). The monoisotopic (exact) mass is 353 g/mol. The van der Waals surface area contributed by atoms with Crippen molar-refractivity contribution in [2.24, 2.45) is 0 Å². The summed E-state index contributed by atoms with van der Waals surface area (Å²) in [4.78, 5) is 20.6. The number of anilines is 1. The first kappa shape index (κ1) is 16.1. The lowest BCUT2D eigenvalue weighted by molar-refractivity contribution is 0.102. The molecule has 25 heavy (non-hydrogen) atoms. The molecule has 1 aliphatic heterocycles. The van der Waals surface area contributed by atoms with Crippen molar-refractivity contribution in [2.75, 3.05) is 11.9 Å². The zero-order chi connectivity index (χ0) is 17.2. The molecule has 0 saturated heterocycles. The van der Waals surface area contributed by atoms with Gasteiger partial charge in [0.15, 0.2) is 5.13 Å². The molecule has 0 bridgehead atoms. The van der Waals surface area contributed by atoms with E-state index in [0.29, 0.717) is 16.5 Å². The molecule has 0 atom stereocenters. The van der Waals surface area contributed by atoms with Crippen LogP contribution in [0.4, 0.5) is 5.13 Å². The highest BCUT2D eigenvalue weighted by Gasteiger charge is 2.22. The molecule has 0 fully saturated rings. The van der Waals surface area contributed by atoms with Crippen LogP contribution in [0.1, 0.15) is 32.3 Å². The summed E-state index contributed by atoms with van der Waals surface area (Å²) in [5, 5.41) is 3.56. The van der Waals surface area contributed by atoms with Gasteiger partial charge in [0.05, 0.1) is 17.5 Å². The summed E-state index contributed by atoms with van der Waals surface area (Å²) in [6.45, 7) is 4.58. The Morgan fingerprint density at radius 1 is 1.32 bits per heavy atom. The molecule has 0 radical (unpaired) electrons. The zero-order valence-corrected chi connectivity index (χ0v) is 14.8. The molecular weight excluding hydrogens is 334 g/mol. The number of fused-ring (bicyclic) bond motifs is 1. The number of nitrogens with one attached hydrogen (secondary N) is 1. The number of aromatic nitrogens is 1. The van der Waals surface area contributed by atoms with Crippen molar-refractivity contribution in [1.29, 1.82) is 0 Å². The van der Waals surface area contributed by atoms with Crippen LogP contribution in [0.2, 0.25) is 0 Å². The lowest BCUT2D eigenvalue weighted by Gasteiger charge is -2.25. The highest BCUT2D eigenvalue weighted by molar-refractivity contribution is 7.15. The van der Waals surface area contributed by atoms with Gasteiger partial charge < -0.3 is 4.42 Å². The zero-order valence-electron chi connectivity index (χ0n) is 14.0. The first-order valence-corrected chi connectivity index (χ1v) is 9.11. The molecule has 1 aliphatic rings. The third kappa shape index (κ3) is 3.50. The fourth-order valence-electron chi connectivity index (χ4n) is 3.06. The van der Waals surface area contributed by atoms with E-state index in [-0.39, 0.29) is 5.91 Å². The van der Waals surface area contributed by atoms with Crippen LogP contribution >= 0.6 is 11.3 Å². The first-order chi connectivity index (χ1) is 12.2. The Balaban J connectivity index is 1.44. The number of benzene rings is 1. The molecular formula is C19H19N3O2S. The minimum atomic E-state index is -0.168. The van der Waals surface area contributed by atoms with E-state index in [4.69, 9.17) is 4.42 Å². The maximum absolute atomic E-state index is 12.3. The van der Waals surface area contributed by atoms with E-state index >= 15 is 0 Å². The molecule has 3 heterocycles. The van der Waals surface area contributed by atoms with Crippen LogP contribution in [0.5, 0.6) is 0 Å². The van der Waals surface area contributed by atoms with Gasteiger partial charge in [-0.3, -0.25) is 15.0 Å². The molecule has 1 amide bonds. The number of hydrogen-bond donors (Lipinski definition) is 1. The molecule has 128 valence electrons. The number of aryl methyl sites for hydroxylation is 1. The molecule has 0 aliphatic carbocycles. The molecule has 6 heteroatoms. The summed E-state index contributed by atoms with van der Waals surface area (Å²) >= 11 is 1.57. The lowest BCUT2D eigenvalue weighted by atomic mass is 10.1. The minimum Gasteiger partial charge on any atom is -0.469 e. The maximum atomic E-state index is 12.3. The molecule has 0 unspecified atom stereocenters. The molecule has 5 nitrogen and oxygen atoms in total. The molecule has 0 spiro atoms. The van der Waals surface area contributed by atoms with Gasteiger partial charge in [0, 0.05) is 30.9 Å². The van der Waals surface area contributed by atoms with Crippen molar-refractivity contribution in [3.8, 4) is 0 Å².